The average molecular weight is 350 g/mol. The molecular formula is C21H22N2OS. The standard InChI is InChI=1S/C21H22N2OS/c1-15(2)19-13-20(24-18-11-9-16(3)10-12-18)23-21(22-19)25-14-17-7-5-4-6-8-17/h4-13,15H,14H2,1-3H3. The molecule has 3 nitrogen and oxygen atoms in total. The molecule has 0 unspecified atom stereocenters. The Morgan fingerprint density at radius 2 is 1.68 bits per heavy atom. The Bertz CT molecular complexity index is 817. The van der Waals surface area contributed by atoms with E-state index in [-0.39, 0.29) is 0 Å². The molecule has 1 heterocycles. The van der Waals surface area contributed by atoms with Crippen molar-refractivity contribution in [3.8, 4) is 11.6 Å². The predicted molar refractivity (Wildman–Crippen MR) is 103 cm³/mol. The molecule has 4 heteroatoms. The summed E-state index contributed by atoms with van der Waals surface area (Å²) < 4.78 is 5.95. The van der Waals surface area contributed by atoms with Gasteiger partial charge in [0.25, 0.3) is 0 Å². The summed E-state index contributed by atoms with van der Waals surface area (Å²) in [6.45, 7) is 6.32. The van der Waals surface area contributed by atoms with Crippen LogP contribution in [0.3, 0.4) is 0 Å². The number of thioether (sulfide) groups is 1. The van der Waals surface area contributed by atoms with Gasteiger partial charge in [0, 0.05) is 11.8 Å². The molecule has 0 fully saturated rings. The molecule has 0 aliphatic carbocycles. The topological polar surface area (TPSA) is 35.0 Å². The number of hydrogen-bond acceptors (Lipinski definition) is 4. The molecule has 0 atom stereocenters. The summed E-state index contributed by atoms with van der Waals surface area (Å²) in [7, 11) is 0. The lowest BCUT2D eigenvalue weighted by molar-refractivity contribution is 0.452. The van der Waals surface area contributed by atoms with Gasteiger partial charge in [0.2, 0.25) is 5.88 Å². The fourth-order valence-corrected chi connectivity index (χ4v) is 3.10. The number of aromatic nitrogens is 2. The highest BCUT2D eigenvalue weighted by molar-refractivity contribution is 7.98. The third-order valence-corrected chi connectivity index (χ3v) is 4.67. The minimum absolute atomic E-state index is 0.319. The van der Waals surface area contributed by atoms with Crippen molar-refractivity contribution in [2.24, 2.45) is 0 Å². The van der Waals surface area contributed by atoms with Crippen LogP contribution in [0.4, 0.5) is 0 Å². The molecule has 1 aromatic heterocycles. The third kappa shape index (κ3) is 5.07. The Morgan fingerprint density at radius 3 is 2.36 bits per heavy atom. The monoisotopic (exact) mass is 350 g/mol. The van der Waals surface area contributed by atoms with E-state index in [9.17, 15) is 0 Å². The maximum absolute atomic E-state index is 5.95. The van der Waals surface area contributed by atoms with E-state index in [1.54, 1.807) is 11.8 Å². The van der Waals surface area contributed by atoms with Gasteiger partial charge in [-0.05, 0) is 30.5 Å². The first-order valence-corrected chi connectivity index (χ1v) is 9.39. The molecule has 3 rings (SSSR count). The Hall–Kier alpha value is -2.33. The van der Waals surface area contributed by atoms with Crippen LogP contribution in [0.15, 0.2) is 65.8 Å². The van der Waals surface area contributed by atoms with Crippen molar-refractivity contribution in [1.82, 2.24) is 9.97 Å². The zero-order valence-electron chi connectivity index (χ0n) is 14.8. The molecule has 2 aromatic carbocycles. The Morgan fingerprint density at radius 1 is 0.960 bits per heavy atom. The number of benzene rings is 2. The summed E-state index contributed by atoms with van der Waals surface area (Å²) in [4.78, 5) is 9.25. The predicted octanol–water partition coefficient (Wildman–Crippen LogP) is 5.99. The SMILES string of the molecule is Cc1ccc(Oc2cc(C(C)C)nc(SCc3ccccc3)n2)cc1. The van der Waals surface area contributed by atoms with Gasteiger partial charge in [-0.1, -0.05) is 73.6 Å². The first-order valence-electron chi connectivity index (χ1n) is 8.40. The first kappa shape index (κ1) is 17.5. The van der Waals surface area contributed by atoms with Crippen LogP contribution < -0.4 is 4.74 Å². The van der Waals surface area contributed by atoms with Gasteiger partial charge in [0.05, 0.1) is 5.69 Å². The average Bonchev–Trinajstić information content (AvgIpc) is 2.63. The first-order chi connectivity index (χ1) is 12.1. The van der Waals surface area contributed by atoms with E-state index in [2.05, 4.69) is 42.9 Å². The summed E-state index contributed by atoms with van der Waals surface area (Å²) in [5, 5.41) is 0.747. The molecule has 3 aromatic rings. The molecule has 128 valence electrons. The molecule has 0 saturated carbocycles. The molecular weight excluding hydrogens is 328 g/mol. The van der Waals surface area contributed by atoms with Crippen LogP contribution >= 0.6 is 11.8 Å². The van der Waals surface area contributed by atoms with E-state index in [1.165, 1.54) is 11.1 Å². The van der Waals surface area contributed by atoms with Crippen LogP contribution in [0, 0.1) is 6.92 Å². The van der Waals surface area contributed by atoms with Crippen LogP contribution in [-0.4, -0.2) is 9.97 Å². The van der Waals surface area contributed by atoms with Crippen LogP contribution in [0.25, 0.3) is 0 Å². The summed E-state index contributed by atoms with van der Waals surface area (Å²) in [6.07, 6.45) is 0. The van der Waals surface area contributed by atoms with Crippen LogP contribution in [0.2, 0.25) is 0 Å². The third-order valence-electron chi connectivity index (χ3n) is 3.75. The van der Waals surface area contributed by atoms with Crippen molar-refractivity contribution in [2.45, 2.75) is 37.6 Å². The number of rotatable bonds is 6. The van der Waals surface area contributed by atoms with Crippen LogP contribution in [0.5, 0.6) is 11.6 Å². The lowest BCUT2D eigenvalue weighted by Gasteiger charge is -2.11. The zero-order chi connectivity index (χ0) is 17.6. The van der Waals surface area contributed by atoms with Gasteiger partial charge in [-0.2, -0.15) is 4.98 Å². The van der Waals surface area contributed by atoms with Gasteiger partial charge in [-0.3, -0.25) is 0 Å². The second-order valence-electron chi connectivity index (χ2n) is 6.26. The maximum Gasteiger partial charge on any atom is 0.223 e. The zero-order valence-corrected chi connectivity index (χ0v) is 15.6. The van der Waals surface area contributed by atoms with Gasteiger partial charge >= 0.3 is 0 Å². The second-order valence-corrected chi connectivity index (χ2v) is 7.20. The Balaban J connectivity index is 1.80. The van der Waals surface area contributed by atoms with Crippen LogP contribution in [0.1, 0.15) is 36.6 Å². The second kappa shape index (κ2) is 8.17. The van der Waals surface area contributed by atoms with E-state index >= 15 is 0 Å². The summed E-state index contributed by atoms with van der Waals surface area (Å²) in [5.74, 6) is 2.54. The van der Waals surface area contributed by atoms with Crippen LogP contribution in [-0.2, 0) is 5.75 Å². The molecule has 0 spiro atoms. The molecule has 0 amide bonds. The Labute approximate surface area is 153 Å². The molecule has 0 bridgehead atoms. The normalized spacial score (nSPS) is 10.9. The molecule has 0 N–H and O–H groups in total. The van der Waals surface area contributed by atoms with Crippen molar-refractivity contribution in [3.63, 3.8) is 0 Å². The van der Waals surface area contributed by atoms with Gasteiger partial charge in [0.1, 0.15) is 5.75 Å². The van der Waals surface area contributed by atoms with E-state index in [0.717, 1.165) is 22.4 Å². The summed E-state index contributed by atoms with van der Waals surface area (Å²) >= 11 is 1.63. The molecule has 25 heavy (non-hydrogen) atoms. The van der Waals surface area contributed by atoms with Gasteiger partial charge in [-0.15, -0.1) is 0 Å². The highest BCUT2D eigenvalue weighted by Crippen LogP contribution is 2.27. The van der Waals surface area contributed by atoms with Gasteiger partial charge in [0.15, 0.2) is 5.16 Å². The van der Waals surface area contributed by atoms with E-state index in [4.69, 9.17) is 4.74 Å². The van der Waals surface area contributed by atoms with Gasteiger partial charge < -0.3 is 4.74 Å². The van der Waals surface area contributed by atoms with Crippen molar-refractivity contribution >= 4 is 11.8 Å². The Kier molecular flexibility index (Phi) is 5.71. The molecule has 0 aliphatic heterocycles. The van der Waals surface area contributed by atoms with Crippen molar-refractivity contribution in [1.29, 1.82) is 0 Å². The van der Waals surface area contributed by atoms with Crippen molar-refractivity contribution < 1.29 is 4.74 Å². The van der Waals surface area contributed by atoms with Gasteiger partial charge in [-0.25, -0.2) is 4.98 Å². The molecule has 0 saturated heterocycles. The van der Waals surface area contributed by atoms with E-state index < -0.39 is 0 Å². The number of nitrogens with zero attached hydrogens (tertiary/aromatic N) is 2. The highest BCUT2D eigenvalue weighted by Gasteiger charge is 2.10. The number of ether oxygens (including phenoxy) is 1. The lowest BCUT2D eigenvalue weighted by atomic mass is 10.1. The smallest absolute Gasteiger partial charge is 0.223 e. The fourth-order valence-electron chi connectivity index (χ4n) is 2.28. The quantitative estimate of drug-likeness (QED) is 0.404. The van der Waals surface area contributed by atoms with Crippen molar-refractivity contribution in [2.75, 3.05) is 0 Å². The summed E-state index contributed by atoms with van der Waals surface area (Å²) in [5.41, 5.74) is 3.46. The fraction of sp³-hybridized carbons (Fsp3) is 0.238. The number of aryl methyl sites for hydroxylation is 1. The van der Waals surface area contributed by atoms with E-state index in [1.807, 2.05) is 48.5 Å². The summed E-state index contributed by atoms with van der Waals surface area (Å²) in [6, 6.07) is 20.3. The number of hydrogen-bond donors (Lipinski definition) is 0. The lowest BCUT2D eigenvalue weighted by Crippen LogP contribution is -1.99. The maximum atomic E-state index is 5.95. The van der Waals surface area contributed by atoms with Crippen molar-refractivity contribution in [3.05, 3.63) is 77.5 Å². The minimum Gasteiger partial charge on any atom is -0.439 e. The molecule has 0 aliphatic rings. The highest BCUT2D eigenvalue weighted by atomic mass is 32.2. The largest absolute Gasteiger partial charge is 0.439 e. The molecule has 0 radical (unpaired) electrons. The van der Waals surface area contributed by atoms with E-state index in [0.29, 0.717) is 11.8 Å². The minimum atomic E-state index is 0.319.